The summed E-state index contributed by atoms with van der Waals surface area (Å²) in [5.74, 6) is 0.0919. The van der Waals surface area contributed by atoms with Crippen molar-refractivity contribution in [3.63, 3.8) is 0 Å². The lowest BCUT2D eigenvalue weighted by Crippen LogP contribution is -2.13. The van der Waals surface area contributed by atoms with E-state index in [4.69, 9.17) is 14.2 Å². The minimum absolute atomic E-state index is 0.101. The van der Waals surface area contributed by atoms with Crippen molar-refractivity contribution in [3.05, 3.63) is 45.3 Å². The fraction of sp³-hybridized carbons (Fsp3) is 0.188. The van der Waals surface area contributed by atoms with Gasteiger partial charge >= 0.3 is 0 Å². The van der Waals surface area contributed by atoms with Crippen LogP contribution < -0.4 is 19.5 Å². The lowest BCUT2D eigenvalue weighted by atomic mass is 10.1. The highest BCUT2D eigenvalue weighted by molar-refractivity contribution is 14.1. The molecular weight excluding hydrogens is 416 g/mol. The molecule has 2 rings (SSSR count). The summed E-state index contributed by atoms with van der Waals surface area (Å²) >= 11 is 1.99. The zero-order valence-electron chi connectivity index (χ0n) is 12.8. The molecule has 1 N–H and O–H groups in total. The molecule has 0 fully saturated rings. The van der Waals surface area contributed by atoms with E-state index < -0.39 is 11.7 Å². The maximum atomic E-state index is 13.8. The Balaban J connectivity index is 2.35. The van der Waals surface area contributed by atoms with E-state index in [9.17, 15) is 9.18 Å². The van der Waals surface area contributed by atoms with Crippen LogP contribution in [0.25, 0.3) is 0 Å². The van der Waals surface area contributed by atoms with Gasteiger partial charge < -0.3 is 19.5 Å². The summed E-state index contributed by atoms with van der Waals surface area (Å²) < 4.78 is 30.2. The largest absolute Gasteiger partial charge is 0.493 e. The van der Waals surface area contributed by atoms with Crippen LogP contribution in [0.4, 0.5) is 10.1 Å². The minimum atomic E-state index is -0.502. The number of hydrogen-bond donors (Lipinski definition) is 1. The van der Waals surface area contributed by atoms with E-state index in [1.54, 1.807) is 6.07 Å². The molecule has 0 saturated heterocycles. The molecule has 7 heteroatoms. The Kier molecular flexibility index (Phi) is 5.64. The minimum Gasteiger partial charge on any atom is -0.493 e. The van der Waals surface area contributed by atoms with E-state index in [0.29, 0.717) is 17.2 Å². The van der Waals surface area contributed by atoms with Gasteiger partial charge in [-0.1, -0.05) is 0 Å². The van der Waals surface area contributed by atoms with Gasteiger partial charge in [-0.05, 0) is 52.9 Å². The molecule has 0 aliphatic rings. The van der Waals surface area contributed by atoms with Crippen LogP contribution in [-0.4, -0.2) is 27.2 Å². The number of carbonyl (C=O) groups is 1. The van der Waals surface area contributed by atoms with Gasteiger partial charge in [0.2, 0.25) is 5.75 Å². The van der Waals surface area contributed by atoms with E-state index in [0.717, 1.165) is 3.57 Å². The first kappa shape index (κ1) is 17.3. The molecular formula is C16H15FINO4. The molecule has 0 spiro atoms. The number of benzene rings is 2. The maximum Gasteiger partial charge on any atom is 0.256 e. The molecule has 0 aliphatic carbocycles. The van der Waals surface area contributed by atoms with Crippen molar-refractivity contribution in [2.75, 3.05) is 26.6 Å². The number of hydrogen-bond acceptors (Lipinski definition) is 4. The molecule has 0 radical (unpaired) electrons. The molecule has 0 unspecified atom stereocenters. The first-order valence-electron chi connectivity index (χ1n) is 6.56. The number of nitrogens with one attached hydrogen (secondary N) is 1. The van der Waals surface area contributed by atoms with Crippen LogP contribution in [0.2, 0.25) is 0 Å². The van der Waals surface area contributed by atoms with Gasteiger partial charge in [-0.15, -0.1) is 0 Å². The zero-order chi connectivity index (χ0) is 17.0. The van der Waals surface area contributed by atoms with Crippen molar-refractivity contribution in [2.24, 2.45) is 0 Å². The fourth-order valence-corrected chi connectivity index (χ4v) is 2.45. The van der Waals surface area contributed by atoms with Gasteiger partial charge in [-0.25, -0.2) is 4.39 Å². The highest BCUT2D eigenvalue weighted by atomic mass is 127. The molecule has 0 bridgehead atoms. The van der Waals surface area contributed by atoms with Crippen LogP contribution in [0.1, 0.15) is 10.4 Å². The molecule has 0 atom stereocenters. The molecule has 5 nitrogen and oxygen atoms in total. The summed E-state index contributed by atoms with van der Waals surface area (Å²) in [6.45, 7) is 0. The van der Waals surface area contributed by atoms with Crippen LogP contribution in [0.3, 0.4) is 0 Å². The van der Waals surface area contributed by atoms with Gasteiger partial charge in [-0.3, -0.25) is 4.79 Å². The fourth-order valence-electron chi connectivity index (χ4n) is 2.00. The van der Waals surface area contributed by atoms with E-state index in [-0.39, 0.29) is 11.3 Å². The van der Waals surface area contributed by atoms with Crippen LogP contribution in [0, 0.1) is 9.39 Å². The predicted molar refractivity (Wildman–Crippen MR) is 93.2 cm³/mol. The first-order valence-corrected chi connectivity index (χ1v) is 7.64. The quantitative estimate of drug-likeness (QED) is 0.734. The Morgan fingerprint density at radius 3 is 2.13 bits per heavy atom. The summed E-state index contributed by atoms with van der Waals surface area (Å²) in [5, 5.41) is 2.52. The third-order valence-electron chi connectivity index (χ3n) is 3.11. The molecule has 2 aromatic rings. The molecule has 0 aliphatic heterocycles. The summed E-state index contributed by atoms with van der Waals surface area (Å²) in [7, 11) is 4.39. The van der Waals surface area contributed by atoms with Crippen LogP contribution in [-0.2, 0) is 0 Å². The summed E-state index contributed by atoms with van der Waals surface area (Å²) in [6, 6.07) is 7.55. The second-order valence-electron chi connectivity index (χ2n) is 4.49. The number of ether oxygens (including phenoxy) is 3. The second-order valence-corrected chi connectivity index (χ2v) is 5.74. The van der Waals surface area contributed by atoms with Gasteiger partial charge in [0.15, 0.2) is 11.5 Å². The number of anilines is 1. The lowest BCUT2D eigenvalue weighted by molar-refractivity contribution is 0.102. The monoisotopic (exact) mass is 431 g/mol. The van der Waals surface area contributed by atoms with Gasteiger partial charge in [0.05, 0.1) is 27.0 Å². The lowest BCUT2D eigenvalue weighted by Gasteiger charge is -2.14. The maximum absolute atomic E-state index is 13.8. The van der Waals surface area contributed by atoms with Crippen LogP contribution in [0.15, 0.2) is 30.3 Å². The van der Waals surface area contributed by atoms with E-state index in [2.05, 4.69) is 5.32 Å². The van der Waals surface area contributed by atoms with Crippen molar-refractivity contribution >= 4 is 34.2 Å². The van der Waals surface area contributed by atoms with Crippen molar-refractivity contribution in [1.29, 1.82) is 0 Å². The summed E-state index contributed by atoms with van der Waals surface area (Å²) in [5.41, 5.74) is 0.363. The number of carbonyl (C=O) groups excluding carboxylic acids is 1. The molecule has 122 valence electrons. The van der Waals surface area contributed by atoms with Gasteiger partial charge in [0.1, 0.15) is 5.82 Å². The van der Waals surface area contributed by atoms with Crippen LogP contribution in [0.5, 0.6) is 17.2 Å². The Morgan fingerprint density at radius 2 is 1.65 bits per heavy atom. The molecule has 1 amide bonds. The van der Waals surface area contributed by atoms with Gasteiger partial charge in [0, 0.05) is 9.13 Å². The van der Waals surface area contributed by atoms with Crippen molar-refractivity contribution in [3.8, 4) is 17.2 Å². The van der Waals surface area contributed by atoms with Crippen molar-refractivity contribution in [1.82, 2.24) is 0 Å². The third-order valence-corrected chi connectivity index (χ3v) is 3.78. The number of halogens is 2. The molecule has 0 aromatic heterocycles. The molecule has 23 heavy (non-hydrogen) atoms. The molecule has 2 aromatic carbocycles. The van der Waals surface area contributed by atoms with Crippen molar-refractivity contribution < 1.29 is 23.4 Å². The third kappa shape index (κ3) is 3.84. The number of rotatable bonds is 5. The van der Waals surface area contributed by atoms with E-state index >= 15 is 0 Å². The van der Waals surface area contributed by atoms with Crippen LogP contribution >= 0.6 is 22.6 Å². The van der Waals surface area contributed by atoms with Crippen molar-refractivity contribution in [2.45, 2.75) is 0 Å². The zero-order valence-corrected chi connectivity index (χ0v) is 14.9. The predicted octanol–water partition coefficient (Wildman–Crippen LogP) is 3.71. The normalized spacial score (nSPS) is 10.1. The number of methoxy groups -OCH3 is 3. The topological polar surface area (TPSA) is 56.8 Å². The van der Waals surface area contributed by atoms with Gasteiger partial charge in [0.25, 0.3) is 5.91 Å². The second kappa shape index (κ2) is 7.49. The first-order chi connectivity index (χ1) is 11.0. The SMILES string of the molecule is COc1cc(C(=O)Nc2ccc(I)cc2F)cc(OC)c1OC. The molecule has 0 heterocycles. The smallest absolute Gasteiger partial charge is 0.256 e. The Labute approximate surface area is 146 Å². The Morgan fingerprint density at radius 1 is 1.04 bits per heavy atom. The number of amides is 1. The Bertz CT molecular complexity index is 711. The molecule has 0 saturated carbocycles. The highest BCUT2D eigenvalue weighted by Gasteiger charge is 2.17. The van der Waals surface area contributed by atoms with E-state index in [1.807, 2.05) is 22.6 Å². The average molecular weight is 431 g/mol. The average Bonchev–Trinajstić information content (AvgIpc) is 2.55. The van der Waals surface area contributed by atoms with E-state index in [1.165, 1.54) is 45.6 Å². The highest BCUT2D eigenvalue weighted by Crippen LogP contribution is 2.38. The Hall–Kier alpha value is -2.03. The van der Waals surface area contributed by atoms with Gasteiger partial charge in [-0.2, -0.15) is 0 Å². The summed E-state index contributed by atoms with van der Waals surface area (Å²) in [6.07, 6.45) is 0. The summed E-state index contributed by atoms with van der Waals surface area (Å²) in [4.78, 5) is 12.4. The standard InChI is InChI=1S/C16H15FINO4/c1-21-13-6-9(7-14(22-2)15(13)23-3)16(20)19-12-5-4-10(18)8-11(12)17/h4-8H,1-3H3,(H,19,20).